The van der Waals surface area contributed by atoms with Crippen LogP contribution in [0.4, 0.5) is 10.1 Å². The van der Waals surface area contributed by atoms with Gasteiger partial charge in [-0.05, 0) is 49.9 Å². The molecule has 0 unspecified atom stereocenters. The van der Waals surface area contributed by atoms with Gasteiger partial charge in [0, 0.05) is 13.1 Å². The fourth-order valence-corrected chi connectivity index (χ4v) is 4.21. The molecule has 0 saturated carbocycles. The van der Waals surface area contributed by atoms with Crippen LogP contribution in [-0.2, 0) is 14.8 Å². The van der Waals surface area contributed by atoms with Gasteiger partial charge in [-0.3, -0.25) is 9.10 Å². The van der Waals surface area contributed by atoms with E-state index in [2.05, 4.69) is 6.92 Å². The first-order valence-corrected chi connectivity index (χ1v) is 9.58. The number of carbonyl (C=O) groups is 1. The topological polar surface area (TPSA) is 57.7 Å². The predicted octanol–water partition coefficient (Wildman–Crippen LogP) is 2.24. The van der Waals surface area contributed by atoms with Crippen molar-refractivity contribution >= 4 is 21.6 Å². The van der Waals surface area contributed by atoms with Crippen LogP contribution < -0.4 is 4.31 Å². The zero-order valence-electron chi connectivity index (χ0n) is 13.7. The number of nitrogens with zero attached hydrogens (tertiary/aromatic N) is 2. The van der Waals surface area contributed by atoms with Gasteiger partial charge < -0.3 is 4.90 Å². The maximum atomic E-state index is 13.1. The summed E-state index contributed by atoms with van der Waals surface area (Å²) in [7, 11) is -3.66. The number of amides is 1. The van der Waals surface area contributed by atoms with Gasteiger partial charge in [-0.1, -0.05) is 6.92 Å². The lowest BCUT2D eigenvalue weighted by molar-refractivity contribution is -0.133. The molecule has 1 aromatic carbocycles. The van der Waals surface area contributed by atoms with Gasteiger partial charge in [0.25, 0.3) is 0 Å². The average molecular weight is 342 g/mol. The van der Waals surface area contributed by atoms with Crippen LogP contribution in [0.15, 0.2) is 24.3 Å². The van der Waals surface area contributed by atoms with Gasteiger partial charge in [0.2, 0.25) is 15.9 Å². The Morgan fingerprint density at radius 3 is 2.48 bits per heavy atom. The van der Waals surface area contributed by atoms with E-state index in [-0.39, 0.29) is 5.91 Å². The fraction of sp³-hybridized carbons (Fsp3) is 0.562. The second-order valence-electron chi connectivity index (χ2n) is 6.24. The highest BCUT2D eigenvalue weighted by Gasteiger charge is 2.33. The summed E-state index contributed by atoms with van der Waals surface area (Å²) in [4.78, 5) is 14.4. The van der Waals surface area contributed by atoms with Crippen molar-refractivity contribution in [3.8, 4) is 0 Å². The molecule has 1 aliphatic rings. The Labute approximate surface area is 137 Å². The van der Waals surface area contributed by atoms with Gasteiger partial charge in [-0.2, -0.15) is 0 Å². The van der Waals surface area contributed by atoms with Crippen molar-refractivity contribution in [3.63, 3.8) is 0 Å². The smallest absolute Gasteiger partial charge is 0.246 e. The molecule has 2 atom stereocenters. The highest BCUT2D eigenvalue weighted by molar-refractivity contribution is 7.92. The van der Waals surface area contributed by atoms with Crippen molar-refractivity contribution < 1.29 is 17.6 Å². The molecule has 5 nitrogen and oxygen atoms in total. The molecular formula is C16H23FN2O3S. The molecule has 0 spiro atoms. The lowest BCUT2D eigenvalue weighted by Gasteiger charge is -2.36. The van der Waals surface area contributed by atoms with Crippen molar-refractivity contribution in [3.05, 3.63) is 30.1 Å². The number of carbonyl (C=O) groups excluding carboxylic acids is 1. The number of halogens is 1. The summed E-state index contributed by atoms with van der Waals surface area (Å²) >= 11 is 0. The maximum absolute atomic E-state index is 13.1. The van der Waals surface area contributed by atoms with Crippen molar-refractivity contribution in [2.24, 2.45) is 5.92 Å². The second kappa shape index (κ2) is 6.86. The first kappa shape index (κ1) is 17.7. The Bertz CT molecular complexity index is 660. The van der Waals surface area contributed by atoms with E-state index in [1.165, 1.54) is 24.3 Å². The minimum atomic E-state index is -3.66. The Balaban J connectivity index is 2.28. The van der Waals surface area contributed by atoms with Crippen molar-refractivity contribution in [1.29, 1.82) is 0 Å². The van der Waals surface area contributed by atoms with Crippen LogP contribution in [0.1, 0.15) is 26.7 Å². The SMILES string of the molecule is C[C@H]1CCCN(C(=O)[C@H](C)N(c2ccc(F)cc2)S(C)(=O)=O)C1. The zero-order valence-corrected chi connectivity index (χ0v) is 14.5. The van der Waals surface area contributed by atoms with Gasteiger partial charge >= 0.3 is 0 Å². The highest BCUT2D eigenvalue weighted by Crippen LogP contribution is 2.24. The van der Waals surface area contributed by atoms with Crippen molar-refractivity contribution in [2.45, 2.75) is 32.7 Å². The van der Waals surface area contributed by atoms with Gasteiger partial charge in [0.05, 0.1) is 11.9 Å². The third-order valence-electron chi connectivity index (χ3n) is 4.12. The van der Waals surface area contributed by atoms with Crippen LogP contribution in [0.3, 0.4) is 0 Å². The molecule has 1 aliphatic heterocycles. The van der Waals surface area contributed by atoms with Crippen LogP contribution in [0.25, 0.3) is 0 Å². The summed E-state index contributed by atoms with van der Waals surface area (Å²) in [5.74, 6) is -0.255. The molecule has 128 valence electrons. The minimum Gasteiger partial charge on any atom is -0.341 e. The molecule has 0 aliphatic carbocycles. The lowest BCUT2D eigenvalue weighted by atomic mass is 10.00. The number of hydrogen-bond donors (Lipinski definition) is 0. The van der Waals surface area contributed by atoms with E-state index < -0.39 is 21.9 Å². The Kier molecular flexibility index (Phi) is 5.29. The van der Waals surface area contributed by atoms with Crippen LogP contribution in [0.5, 0.6) is 0 Å². The fourth-order valence-electron chi connectivity index (χ4n) is 3.04. The second-order valence-corrected chi connectivity index (χ2v) is 8.10. The van der Waals surface area contributed by atoms with E-state index in [1.54, 1.807) is 11.8 Å². The number of benzene rings is 1. The minimum absolute atomic E-state index is 0.216. The lowest BCUT2D eigenvalue weighted by Crippen LogP contribution is -2.51. The average Bonchev–Trinajstić information content (AvgIpc) is 2.47. The van der Waals surface area contributed by atoms with Gasteiger partial charge in [0.1, 0.15) is 11.9 Å². The molecule has 1 fully saturated rings. The monoisotopic (exact) mass is 342 g/mol. The van der Waals surface area contributed by atoms with Crippen LogP contribution in [0, 0.1) is 11.7 Å². The molecule has 0 N–H and O–H groups in total. The zero-order chi connectivity index (χ0) is 17.2. The summed E-state index contributed by atoms with van der Waals surface area (Å²) in [6.45, 7) is 4.95. The van der Waals surface area contributed by atoms with E-state index in [0.29, 0.717) is 24.7 Å². The maximum Gasteiger partial charge on any atom is 0.246 e. The van der Waals surface area contributed by atoms with Crippen LogP contribution in [-0.4, -0.2) is 44.6 Å². The first-order valence-electron chi connectivity index (χ1n) is 7.74. The largest absolute Gasteiger partial charge is 0.341 e. The van der Waals surface area contributed by atoms with Gasteiger partial charge in [0.15, 0.2) is 0 Å². The number of sulfonamides is 1. The molecule has 1 saturated heterocycles. The third-order valence-corrected chi connectivity index (χ3v) is 5.36. The Morgan fingerprint density at radius 2 is 1.96 bits per heavy atom. The number of likely N-dealkylation sites (tertiary alicyclic amines) is 1. The number of hydrogen-bond acceptors (Lipinski definition) is 3. The highest BCUT2D eigenvalue weighted by atomic mass is 32.2. The number of rotatable bonds is 4. The van der Waals surface area contributed by atoms with E-state index in [4.69, 9.17) is 0 Å². The number of piperidine rings is 1. The standard InChI is InChI=1S/C16H23FN2O3S/c1-12-5-4-10-18(11-12)16(20)13(2)19(23(3,21)22)15-8-6-14(17)7-9-15/h6-9,12-13H,4-5,10-11H2,1-3H3/t12-,13-/m0/s1. The molecule has 7 heteroatoms. The molecule has 0 bridgehead atoms. The summed E-state index contributed by atoms with van der Waals surface area (Å²) in [6, 6.07) is 4.26. The molecule has 0 aromatic heterocycles. The quantitative estimate of drug-likeness (QED) is 0.843. The van der Waals surface area contributed by atoms with E-state index in [1.807, 2.05) is 0 Å². The molecule has 1 aromatic rings. The van der Waals surface area contributed by atoms with E-state index >= 15 is 0 Å². The summed E-state index contributed by atoms with van der Waals surface area (Å²) in [5, 5.41) is 0. The first-order chi connectivity index (χ1) is 10.7. The summed E-state index contributed by atoms with van der Waals surface area (Å²) in [6.07, 6.45) is 3.06. The molecule has 2 rings (SSSR count). The van der Waals surface area contributed by atoms with Crippen LogP contribution in [0.2, 0.25) is 0 Å². The van der Waals surface area contributed by atoms with Crippen molar-refractivity contribution in [1.82, 2.24) is 4.90 Å². The molecule has 1 amide bonds. The molecular weight excluding hydrogens is 319 g/mol. The number of anilines is 1. The van der Waals surface area contributed by atoms with Gasteiger partial charge in [-0.25, -0.2) is 12.8 Å². The van der Waals surface area contributed by atoms with E-state index in [0.717, 1.165) is 23.4 Å². The Hall–Kier alpha value is -1.63. The normalized spacial score (nSPS) is 20.2. The third kappa shape index (κ3) is 4.22. The molecule has 1 heterocycles. The van der Waals surface area contributed by atoms with Crippen LogP contribution >= 0.6 is 0 Å². The molecule has 0 radical (unpaired) electrons. The van der Waals surface area contributed by atoms with Gasteiger partial charge in [-0.15, -0.1) is 0 Å². The Morgan fingerprint density at radius 1 is 1.35 bits per heavy atom. The summed E-state index contributed by atoms with van der Waals surface area (Å²) < 4.78 is 38.5. The predicted molar refractivity (Wildman–Crippen MR) is 88.2 cm³/mol. The van der Waals surface area contributed by atoms with E-state index in [9.17, 15) is 17.6 Å². The summed E-state index contributed by atoms with van der Waals surface area (Å²) in [5.41, 5.74) is 0.291. The van der Waals surface area contributed by atoms with Crippen molar-refractivity contribution in [2.75, 3.05) is 23.7 Å². The molecule has 23 heavy (non-hydrogen) atoms.